The third-order valence-corrected chi connectivity index (χ3v) is 3.31. The van der Waals surface area contributed by atoms with Crippen LogP contribution in [0.15, 0.2) is 54.6 Å². The van der Waals surface area contributed by atoms with Gasteiger partial charge in [0.25, 0.3) is 5.91 Å². The van der Waals surface area contributed by atoms with Gasteiger partial charge in [0.2, 0.25) is 0 Å². The van der Waals surface area contributed by atoms with Crippen molar-refractivity contribution in [2.45, 2.75) is 12.5 Å². The molecule has 2 aromatic carbocycles. The van der Waals surface area contributed by atoms with Crippen molar-refractivity contribution in [2.24, 2.45) is 0 Å². The number of hydrogen-bond donors (Lipinski definition) is 2. The fraction of sp³-hybridized carbons (Fsp3) is 0.222. The number of para-hydroxylation sites is 1. The molecule has 0 radical (unpaired) electrons. The average molecular weight is 329 g/mol. The molecule has 24 heavy (non-hydrogen) atoms. The van der Waals surface area contributed by atoms with Crippen LogP contribution >= 0.6 is 0 Å². The van der Waals surface area contributed by atoms with Gasteiger partial charge in [-0.3, -0.25) is 4.79 Å². The maximum atomic E-state index is 12.0. The highest BCUT2D eigenvalue weighted by Crippen LogP contribution is 2.12. The number of esters is 1. The third kappa shape index (κ3) is 5.31. The van der Waals surface area contributed by atoms with Crippen molar-refractivity contribution in [1.82, 2.24) is 5.32 Å². The molecule has 0 fully saturated rings. The molecule has 1 amide bonds. The number of phenols is 1. The first-order valence-electron chi connectivity index (χ1n) is 7.41. The Kier molecular flexibility index (Phi) is 6.19. The normalized spacial score (nSPS) is 11.4. The second-order valence-electron chi connectivity index (χ2n) is 5.12. The minimum Gasteiger partial charge on any atom is -0.508 e. The summed E-state index contributed by atoms with van der Waals surface area (Å²) in [5.74, 6) is -0.265. The number of benzene rings is 2. The van der Waals surface area contributed by atoms with Crippen LogP contribution in [0.5, 0.6) is 11.5 Å². The zero-order valence-electron chi connectivity index (χ0n) is 13.3. The summed E-state index contributed by atoms with van der Waals surface area (Å²) in [5, 5.41) is 11.9. The number of carbonyl (C=O) groups excluding carboxylic acids is 2. The van der Waals surface area contributed by atoms with Crippen LogP contribution in [0.2, 0.25) is 0 Å². The lowest BCUT2D eigenvalue weighted by Gasteiger charge is -2.17. The largest absolute Gasteiger partial charge is 0.508 e. The van der Waals surface area contributed by atoms with Crippen molar-refractivity contribution < 1.29 is 24.2 Å². The van der Waals surface area contributed by atoms with Gasteiger partial charge in [0.05, 0.1) is 7.11 Å². The highest BCUT2D eigenvalue weighted by atomic mass is 16.5. The number of phenolic OH excluding ortho intramolecular Hbond substituents is 1. The fourth-order valence-electron chi connectivity index (χ4n) is 2.10. The molecule has 2 rings (SSSR count). The van der Waals surface area contributed by atoms with Crippen molar-refractivity contribution in [3.8, 4) is 11.5 Å². The van der Waals surface area contributed by atoms with Crippen molar-refractivity contribution >= 4 is 11.9 Å². The van der Waals surface area contributed by atoms with Crippen LogP contribution in [0.1, 0.15) is 5.56 Å². The van der Waals surface area contributed by atoms with Gasteiger partial charge in [0, 0.05) is 6.42 Å². The summed E-state index contributed by atoms with van der Waals surface area (Å²) < 4.78 is 10.1. The monoisotopic (exact) mass is 329 g/mol. The van der Waals surface area contributed by atoms with Gasteiger partial charge in [-0.1, -0.05) is 30.3 Å². The second kappa shape index (κ2) is 8.57. The molecule has 126 valence electrons. The molecule has 1 atom stereocenters. The van der Waals surface area contributed by atoms with Crippen molar-refractivity contribution in [3.05, 3.63) is 60.2 Å². The first-order valence-corrected chi connectivity index (χ1v) is 7.41. The van der Waals surface area contributed by atoms with Crippen LogP contribution < -0.4 is 10.1 Å². The van der Waals surface area contributed by atoms with E-state index in [1.807, 2.05) is 6.07 Å². The van der Waals surface area contributed by atoms with Crippen LogP contribution in [0, 0.1) is 0 Å². The number of ether oxygens (including phenoxy) is 2. The van der Waals surface area contributed by atoms with E-state index in [0.717, 1.165) is 5.56 Å². The quantitative estimate of drug-likeness (QED) is 0.755. The van der Waals surface area contributed by atoms with Crippen LogP contribution in [0.25, 0.3) is 0 Å². The fourth-order valence-corrected chi connectivity index (χ4v) is 2.10. The lowest BCUT2D eigenvalue weighted by atomic mass is 10.1. The van der Waals surface area contributed by atoms with Crippen LogP contribution in [-0.4, -0.2) is 36.7 Å². The summed E-state index contributed by atoms with van der Waals surface area (Å²) in [7, 11) is 1.26. The van der Waals surface area contributed by atoms with Gasteiger partial charge in [-0.05, 0) is 29.8 Å². The standard InChI is InChI=1S/C18H19NO5/c1-23-18(22)16(11-13-7-9-14(20)10-8-13)19-17(21)12-24-15-5-3-2-4-6-15/h2-10,16,20H,11-12H2,1H3,(H,19,21). The molecule has 1 unspecified atom stereocenters. The molecular formula is C18H19NO5. The molecule has 0 spiro atoms. The number of aromatic hydroxyl groups is 1. The Morgan fingerprint density at radius 2 is 1.75 bits per heavy atom. The van der Waals surface area contributed by atoms with E-state index < -0.39 is 17.9 Å². The maximum absolute atomic E-state index is 12.0. The van der Waals surface area contributed by atoms with Crippen molar-refractivity contribution in [3.63, 3.8) is 0 Å². The Hall–Kier alpha value is -3.02. The predicted molar refractivity (Wildman–Crippen MR) is 87.7 cm³/mol. The Labute approximate surface area is 140 Å². The highest BCUT2D eigenvalue weighted by molar-refractivity contribution is 5.85. The molecule has 2 aromatic rings. The summed E-state index contributed by atoms with van der Waals surface area (Å²) in [6.07, 6.45) is 0.254. The number of amides is 1. The van der Waals surface area contributed by atoms with E-state index in [1.165, 1.54) is 19.2 Å². The van der Waals surface area contributed by atoms with Gasteiger partial charge >= 0.3 is 5.97 Å². The molecule has 0 aliphatic rings. The number of nitrogens with one attached hydrogen (secondary N) is 1. The van der Waals surface area contributed by atoms with E-state index in [1.54, 1.807) is 36.4 Å². The van der Waals surface area contributed by atoms with Crippen LogP contribution in [-0.2, 0) is 20.7 Å². The summed E-state index contributed by atoms with van der Waals surface area (Å²) in [6, 6.07) is 14.5. The predicted octanol–water partition coefficient (Wildman–Crippen LogP) is 1.67. The summed E-state index contributed by atoms with van der Waals surface area (Å²) in [4.78, 5) is 23.9. The Bertz CT molecular complexity index is 670. The molecule has 0 bridgehead atoms. The zero-order chi connectivity index (χ0) is 17.4. The van der Waals surface area contributed by atoms with E-state index in [0.29, 0.717) is 5.75 Å². The Morgan fingerprint density at radius 1 is 1.08 bits per heavy atom. The molecule has 0 heterocycles. The molecule has 0 saturated heterocycles. The van der Waals surface area contributed by atoms with E-state index in [2.05, 4.69) is 5.32 Å². The molecule has 0 saturated carbocycles. The molecule has 0 aliphatic carbocycles. The number of methoxy groups -OCH3 is 1. The Morgan fingerprint density at radius 3 is 2.38 bits per heavy atom. The summed E-state index contributed by atoms with van der Waals surface area (Å²) >= 11 is 0. The minimum atomic E-state index is -0.827. The van der Waals surface area contributed by atoms with Crippen LogP contribution in [0.4, 0.5) is 0 Å². The molecule has 2 N–H and O–H groups in total. The lowest BCUT2D eigenvalue weighted by Crippen LogP contribution is -2.44. The van der Waals surface area contributed by atoms with Gasteiger partial charge in [-0.25, -0.2) is 4.79 Å². The topological polar surface area (TPSA) is 84.9 Å². The minimum absolute atomic E-state index is 0.133. The van der Waals surface area contributed by atoms with Gasteiger partial charge in [0.15, 0.2) is 6.61 Å². The summed E-state index contributed by atoms with van der Waals surface area (Å²) in [6.45, 7) is -0.201. The number of carbonyl (C=O) groups is 2. The first-order chi connectivity index (χ1) is 11.6. The van der Waals surface area contributed by atoms with E-state index in [-0.39, 0.29) is 18.8 Å². The van der Waals surface area contributed by atoms with E-state index in [9.17, 15) is 14.7 Å². The SMILES string of the molecule is COC(=O)C(Cc1ccc(O)cc1)NC(=O)COc1ccccc1. The van der Waals surface area contributed by atoms with Crippen LogP contribution in [0.3, 0.4) is 0 Å². The third-order valence-electron chi connectivity index (χ3n) is 3.31. The molecule has 6 heteroatoms. The van der Waals surface area contributed by atoms with Gasteiger partial charge < -0.3 is 19.9 Å². The van der Waals surface area contributed by atoms with Gasteiger partial charge in [-0.2, -0.15) is 0 Å². The second-order valence-corrected chi connectivity index (χ2v) is 5.12. The maximum Gasteiger partial charge on any atom is 0.328 e. The molecule has 0 aromatic heterocycles. The average Bonchev–Trinajstić information content (AvgIpc) is 2.61. The van der Waals surface area contributed by atoms with Crippen molar-refractivity contribution in [2.75, 3.05) is 13.7 Å². The molecular weight excluding hydrogens is 310 g/mol. The van der Waals surface area contributed by atoms with Gasteiger partial charge in [-0.15, -0.1) is 0 Å². The highest BCUT2D eigenvalue weighted by Gasteiger charge is 2.22. The summed E-state index contributed by atoms with van der Waals surface area (Å²) in [5.41, 5.74) is 0.785. The molecule has 0 aliphatic heterocycles. The number of rotatable bonds is 7. The smallest absolute Gasteiger partial charge is 0.328 e. The molecule has 6 nitrogen and oxygen atoms in total. The van der Waals surface area contributed by atoms with E-state index in [4.69, 9.17) is 9.47 Å². The van der Waals surface area contributed by atoms with E-state index >= 15 is 0 Å². The number of hydrogen-bond acceptors (Lipinski definition) is 5. The van der Waals surface area contributed by atoms with Gasteiger partial charge in [0.1, 0.15) is 17.5 Å². The Balaban J connectivity index is 1.93. The first kappa shape index (κ1) is 17.3. The zero-order valence-corrected chi connectivity index (χ0v) is 13.3. The van der Waals surface area contributed by atoms with Crippen molar-refractivity contribution in [1.29, 1.82) is 0 Å². The lowest BCUT2D eigenvalue weighted by molar-refractivity contribution is -0.145.